The molecule has 0 saturated carbocycles. The highest BCUT2D eigenvalue weighted by atomic mass is 32.2. The number of aromatic nitrogens is 1. The Balaban J connectivity index is 1.88. The first kappa shape index (κ1) is 15.1. The van der Waals surface area contributed by atoms with Gasteiger partial charge in [0.2, 0.25) is 11.8 Å². The van der Waals surface area contributed by atoms with E-state index in [4.69, 9.17) is 9.68 Å². The molecule has 7 heteroatoms. The van der Waals surface area contributed by atoms with Crippen LogP contribution in [0.25, 0.3) is 22.6 Å². The number of carbonyl (C=O) groups is 1. The molecule has 3 aromatic rings. The van der Waals surface area contributed by atoms with Crippen molar-refractivity contribution in [2.24, 2.45) is 0 Å². The first-order valence-corrected chi connectivity index (χ1v) is 7.62. The molecule has 5 nitrogen and oxygen atoms in total. The summed E-state index contributed by atoms with van der Waals surface area (Å²) in [6.07, 6.45) is 0. The lowest BCUT2D eigenvalue weighted by Crippen LogP contribution is -2.13. The normalized spacial score (nSPS) is 10.4. The molecule has 0 saturated heterocycles. The van der Waals surface area contributed by atoms with Gasteiger partial charge in [-0.3, -0.25) is 4.79 Å². The van der Waals surface area contributed by atoms with E-state index in [0.29, 0.717) is 16.8 Å². The fraction of sp³-hybridized carbons (Fsp3) is 0.0625. The first-order valence-electron chi connectivity index (χ1n) is 6.63. The number of hydrogen-bond acceptors (Lipinski definition) is 5. The van der Waals surface area contributed by atoms with Gasteiger partial charge in [-0.05, 0) is 42.1 Å². The van der Waals surface area contributed by atoms with Crippen LogP contribution in [-0.2, 0) is 4.79 Å². The number of anilines is 1. The monoisotopic (exact) mass is 327 g/mol. The van der Waals surface area contributed by atoms with Crippen molar-refractivity contribution in [2.75, 3.05) is 11.1 Å². The van der Waals surface area contributed by atoms with Crippen LogP contribution in [0.2, 0.25) is 0 Å². The smallest absolute Gasteiger partial charge is 0.235 e. The molecule has 0 aliphatic heterocycles. The predicted octanol–water partition coefficient (Wildman–Crippen LogP) is 3.79. The molecule has 2 aromatic carbocycles. The third kappa shape index (κ3) is 3.33. The molecule has 0 bridgehead atoms. The molecule has 0 radical (unpaired) electrons. The average molecular weight is 327 g/mol. The van der Waals surface area contributed by atoms with Crippen LogP contribution in [0.5, 0.6) is 0 Å². The molecule has 23 heavy (non-hydrogen) atoms. The van der Waals surface area contributed by atoms with Crippen LogP contribution in [0.3, 0.4) is 0 Å². The Morgan fingerprint density at radius 3 is 2.96 bits per heavy atom. The lowest BCUT2D eigenvalue weighted by Gasteiger charge is -2.02. The van der Waals surface area contributed by atoms with Crippen molar-refractivity contribution in [1.82, 2.24) is 4.98 Å². The van der Waals surface area contributed by atoms with E-state index in [2.05, 4.69) is 10.3 Å². The maximum Gasteiger partial charge on any atom is 0.235 e. The summed E-state index contributed by atoms with van der Waals surface area (Å²) in [5, 5.41) is 12.9. The van der Waals surface area contributed by atoms with E-state index in [-0.39, 0.29) is 23.1 Å². The topological polar surface area (TPSA) is 78.9 Å². The summed E-state index contributed by atoms with van der Waals surface area (Å²) in [4.78, 5) is 15.9. The van der Waals surface area contributed by atoms with Crippen molar-refractivity contribution < 1.29 is 13.6 Å². The number of carbonyl (C=O) groups excluding carboxylic acids is 1. The third-order valence-corrected chi connectivity index (χ3v) is 3.58. The van der Waals surface area contributed by atoms with Crippen molar-refractivity contribution in [3.8, 4) is 16.9 Å². The van der Waals surface area contributed by atoms with Gasteiger partial charge in [0.25, 0.3) is 0 Å². The van der Waals surface area contributed by atoms with Gasteiger partial charge in [-0.1, -0.05) is 12.1 Å². The number of thioether (sulfide) groups is 1. The van der Waals surface area contributed by atoms with E-state index >= 15 is 0 Å². The molecule has 0 aliphatic carbocycles. The maximum atomic E-state index is 13.8. The van der Waals surface area contributed by atoms with Crippen molar-refractivity contribution in [2.45, 2.75) is 0 Å². The quantitative estimate of drug-likeness (QED) is 0.738. The predicted molar refractivity (Wildman–Crippen MR) is 86.1 cm³/mol. The van der Waals surface area contributed by atoms with Crippen LogP contribution in [0, 0.1) is 16.5 Å². The van der Waals surface area contributed by atoms with E-state index in [1.807, 2.05) is 5.40 Å². The Bertz CT molecular complexity index is 917. The number of fused-ring (bicyclic) bond motifs is 1. The summed E-state index contributed by atoms with van der Waals surface area (Å²) >= 11 is 0.860. The SMILES string of the molecule is N#CSCC(=O)Nc1ccc2oc(-c3ccccc3F)nc2c1. The van der Waals surface area contributed by atoms with E-state index in [1.165, 1.54) is 6.07 Å². The fourth-order valence-corrected chi connectivity index (χ4v) is 2.32. The van der Waals surface area contributed by atoms with Crippen LogP contribution in [0.15, 0.2) is 46.9 Å². The summed E-state index contributed by atoms with van der Waals surface area (Å²) in [5.41, 5.74) is 1.82. The number of thiocyanates is 1. The largest absolute Gasteiger partial charge is 0.436 e. The Kier molecular flexibility index (Phi) is 4.26. The molecule has 1 aromatic heterocycles. The molecule has 0 spiro atoms. The van der Waals surface area contributed by atoms with E-state index in [1.54, 1.807) is 36.4 Å². The Morgan fingerprint density at radius 2 is 2.17 bits per heavy atom. The lowest BCUT2D eigenvalue weighted by molar-refractivity contribution is -0.113. The zero-order valence-electron chi connectivity index (χ0n) is 11.7. The number of amides is 1. The maximum absolute atomic E-state index is 13.8. The zero-order valence-corrected chi connectivity index (χ0v) is 12.6. The molecular formula is C16H10FN3O2S. The molecule has 1 amide bonds. The minimum atomic E-state index is -0.416. The Morgan fingerprint density at radius 1 is 1.35 bits per heavy atom. The van der Waals surface area contributed by atoms with Crippen LogP contribution in [0.1, 0.15) is 0 Å². The zero-order chi connectivity index (χ0) is 16.2. The average Bonchev–Trinajstić information content (AvgIpc) is 2.96. The van der Waals surface area contributed by atoms with Gasteiger partial charge in [0.05, 0.1) is 11.3 Å². The van der Waals surface area contributed by atoms with Crippen molar-refractivity contribution in [3.05, 3.63) is 48.3 Å². The van der Waals surface area contributed by atoms with Gasteiger partial charge in [-0.2, -0.15) is 5.26 Å². The van der Waals surface area contributed by atoms with Gasteiger partial charge in [0.1, 0.15) is 16.7 Å². The standard InChI is InChI=1S/C16H10FN3O2S/c17-12-4-2-1-3-11(12)16-20-13-7-10(5-6-14(13)22-16)19-15(21)8-23-9-18/h1-7H,8H2,(H,19,21). The summed E-state index contributed by atoms with van der Waals surface area (Å²) in [7, 11) is 0. The molecule has 114 valence electrons. The summed E-state index contributed by atoms with van der Waals surface area (Å²) < 4.78 is 19.3. The number of benzene rings is 2. The summed E-state index contributed by atoms with van der Waals surface area (Å²) in [5.74, 6) is -0.468. The number of oxazole rings is 1. The van der Waals surface area contributed by atoms with Gasteiger partial charge in [-0.15, -0.1) is 0 Å². The molecule has 1 N–H and O–H groups in total. The van der Waals surface area contributed by atoms with Crippen molar-refractivity contribution in [3.63, 3.8) is 0 Å². The van der Waals surface area contributed by atoms with E-state index in [9.17, 15) is 9.18 Å². The van der Waals surface area contributed by atoms with Crippen LogP contribution >= 0.6 is 11.8 Å². The van der Waals surface area contributed by atoms with Gasteiger partial charge in [-0.25, -0.2) is 9.37 Å². The third-order valence-electron chi connectivity index (χ3n) is 3.04. The summed E-state index contributed by atoms with van der Waals surface area (Å²) in [6.45, 7) is 0. The Labute approximate surface area is 135 Å². The van der Waals surface area contributed by atoms with Gasteiger partial charge < -0.3 is 9.73 Å². The second kappa shape index (κ2) is 6.50. The second-order valence-corrected chi connectivity index (χ2v) is 5.37. The highest BCUT2D eigenvalue weighted by Crippen LogP contribution is 2.27. The van der Waals surface area contributed by atoms with Gasteiger partial charge in [0, 0.05) is 5.69 Å². The first-order chi connectivity index (χ1) is 11.2. The number of nitriles is 1. The van der Waals surface area contributed by atoms with Crippen molar-refractivity contribution >= 4 is 34.5 Å². The van der Waals surface area contributed by atoms with Gasteiger partial charge >= 0.3 is 0 Å². The number of nitrogens with one attached hydrogen (secondary N) is 1. The van der Waals surface area contributed by atoms with Gasteiger partial charge in [0.15, 0.2) is 5.58 Å². The Hall–Kier alpha value is -2.85. The minimum Gasteiger partial charge on any atom is -0.436 e. The number of rotatable bonds is 4. The summed E-state index contributed by atoms with van der Waals surface area (Å²) in [6, 6.07) is 11.2. The fourth-order valence-electron chi connectivity index (χ4n) is 2.05. The molecule has 3 rings (SSSR count). The van der Waals surface area contributed by atoms with Crippen LogP contribution in [0.4, 0.5) is 10.1 Å². The minimum absolute atomic E-state index is 0.0494. The molecule has 0 unspecified atom stereocenters. The van der Waals surface area contributed by atoms with Crippen LogP contribution < -0.4 is 5.32 Å². The molecule has 0 atom stereocenters. The van der Waals surface area contributed by atoms with Crippen LogP contribution in [-0.4, -0.2) is 16.6 Å². The molecule has 0 aliphatic rings. The highest BCUT2D eigenvalue weighted by molar-refractivity contribution is 8.04. The highest BCUT2D eigenvalue weighted by Gasteiger charge is 2.13. The number of halogens is 1. The molecular weight excluding hydrogens is 317 g/mol. The van der Waals surface area contributed by atoms with E-state index in [0.717, 1.165) is 11.8 Å². The molecule has 1 heterocycles. The van der Waals surface area contributed by atoms with E-state index < -0.39 is 5.82 Å². The second-order valence-electron chi connectivity index (χ2n) is 4.61. The number of nitrogens with zero attached hydrogens (tertiary/aromatic N) is 2. The molecule has 0 fully saturated rings. The van der Waals surface area contributed by atoms with Crippen molar-refractivity contribution in [1.29, 1.82) is 5.26 Å². The lowest BCUT2D eigenvalue weighted by atomic mass is 10.2. The number of hydrogen-bond donors (Lipinski definition) is 1.